The molecular formula is C12H16N4OS3. The van der Waals surface area contributed by atoms with Crippen LogP contribution in [0.1, 0.15) is 30.6 Å². The number of nitrogens with two attached hydrogens (primary N) is 1. The van der Waals surface area contributed by atoms with E-state index in [1.807, 2.05) is 30.4 Å². The van der Waals surface area contributed by atoms with E-state index in [1.54, 1.807) is 0 Å². The molecule has 3 rings (SSSR count). The van der Waals surface area contributed by atoms with Gasteiger partial charge >= 0.3 is 0 Å². The number of hydrogen-bond donors (Lipinski definition) is 1. The average molecular weight is 328 g/mol. The van der Waals surface area contributed by atoms with Gasteiger partial charge in [0, 0.05) is 16.3 Å². The molecule has 0 radical (unpaired) electrons. The number of thioether (sulfide) groups is 2. The minimum atomic E-state index is 0.289. The molecule has 1 saturated heterocycles. The van der Waals surface area contributed by atoms with Gasteiger partial charge in [-0.1, -0.05) is 19.0 Å². The van der Waals surface area contributed by atoms with E-state index in [0.29, 0.717) is 21.4 Å². The minimum Gasteiger partial charge on any atom is -0.389 e. The molecule has 3 atom stereocenters. The Bertz CT molecular complexity index is 592. The van der Waals surface area contributed by atoms with Crippen molar-refractivity contribution < 1.29 is 4.52 Å². The summed E-state index contributed by atoms with van der Waals surface area (Å²) in [6, 6.07) is 0. The van der Waals surface area contributed by atoms with Gasteiger partial charge in [-0.25, -0.2) is 0 Å². The van der Waals surface area contributed by atoms with Crippen LogP contribution < -0.4 is 5.73 Å². The van der Waals surface area contributed by atoms with Gasteiger partial charge in [0.15, 0.2) is 5.82 Å². The first-order chi connectivity index (χ1) is 9.56. The standard InChI is InChI=1S/C12H16N4OS3/c1-5-9(10(13)20-16-5)12-14-11(15-17-12)8-4-18-6(2)7(3)19-8/h6-8H,4,13H2,1-3H3. The molecule has 20 heavy (non-hydrogen) atoms. The summed E-state index contributed by atoms with van der Waals surface area (Å²) in [5.41, 5.74) is 7.54. The molecule has 5 nitrogen and oxygen atoms in total. The molecule has 108 valence electrons. The Balaban J connectivity index is 1.84. The maximum atomic E-state index is 5.92. The van der Waals surface area contributed by atoms with E-state index in [-0.39, 0.29) is 5.25 Å². The second kappa shape index (κ2) is 5.57. The van der Waals surface area contributed by atoms with Crippen molar-refractivity contribution >= 4 is 40.1 Å². The Kier molecular flexibility index (Phi) is 3.96. The van der Waals surface area contributed by atoms with Crippen LogP contribution in [0.15, 0.2) is 4.52 Å². The average Bonchev–Trinajstić information content (AvgIpc) is 3.00. The maximum absolute atomic E-state index is 5.92. The smallest absolute Gasteiger partial charge is 0.262 e. The normalized spacial score (nSPS) is 26.9. The van der Waals surface area contributed by atoms with Gasteiger partial charge < -0.3 is 10.3 Å². The second-order valence-electron chi connectivity index (χ2n) is 4.83. The summed E-state index contributed by atoms with van der Waals surface area (Å²) in [4.78, 5) is 4.53. The molecule has 1 aliphatic heterocycles. The lowest BCUT2D eigenvalue weighted by molar-refractivity contribution is 0.423. The van der Waals surface area contributed by atoms with E-state index < -0.39 is 0 Å². The van der Waals surface area contributed by atoms with Crippen molar-refractivity contribution in [1.29, 1.82) is 0 Å². The molecule has 0 amide bonds. The van der Waals surface area contributed by atoms with Crippen LogP contribution in [0.5, 0.6) is 0 Å². The van der Waals surface area contributed by atoms with Gasteiger partial charge in [-0.05, 0) is 18.5 Å². The molecule has 0 bridgehead atoms. The molecule has 2 aromatic rings. The highest BCUT2D eigenvalue weighted by molar-refractivity contribution is 8.07. The summed E-state index contributed by atoms with van der Waals surface area (Å²) in [5.74, 6) is 2.27. The molecule has 0 aromatic carbocycles. The van der Waals surface area contributed by atoms with Gasteiger partial charge in [0.25, 0.3) is 5.89 Å². The highest BCUT2D eigenvalue weighted by Gasteiger charge is 2.30. The van der Waals surface area contributed by atoms with Gasteiger partial charge in [0.2, 0.25) is 0 Å². The van der Waals surface area contributed by atoms with Crippen LogP contribution in [0.2, 0.25) is 0 Å². The topological polar surface area (TPSA) is 77.8 Å². The quantitative estimate of drug-likeness (QED) is 0.905. The highest BCUT2D eigenvalue weighted by atomic mass is 32.2. The Morgan fingerprint density at radius 2 is 2.10 bits per heavy atom. The molecule has 2 N–H and O–H groups in total. The molecular weight excluding hydrogens is 312 g/mol. The molecule has 0 spiro atoms. The molecule has 1 fully saturated rings. The van der Waals surface area contributed by atoms with Crippen molar-refractivity contribution in [3.63, 3.8) is 0 Å². The number of aryl methyl sites for hydroxylation is 1. The number of nitrogens with zero attached hydrogens (tertiary/aromatic N) is 3. The van der Waals surface area contributed by atoms with E-state index in [1.165, 1.54) is 11.5 Å². The largest absolute Gasteiger partial charge is 0.389 e. The van der Waals surface area contributed by atoms with Crippen LogP contribution in [0.3, 0.4) is 0 Å². The Morgan fingerprint density at radius 3 is 2.75 bits per heavy atom. The number of rotatable bonds is 2. The zero-order valence-electron chi connectivity index (χ0n) is 11.5. The number of anilines is 1. The minimum absolute atomic E-state index is 0.289. The molecule has 8 heteroatoms. The fourth-order valence-electron chi connectivity index (χ4n) is 2.03. The third-order valence-corrected chi connectivity index (χ3v) is 7.54. The van der Waals surface area contributed by atoms with Gasteiger partial charge in [-0.2, -0.15) is 21.1 Å². The van der Waals surface area contributed by atoms with Crippen molar-refractivity contribution in [3.05, 3.63) is 11.5 Å². The summed E-state index contributed by atoms with van der Waals surface area (Å²) >= 11 is 5.14. The first-order valence-corrected chi connectivity index (χ1v) is 9.15. The molecule has 1 aliphatic rings. The SMILES string of the molecule is Cc1nsc(N)c1-c1nc(C2CSC(C)C(C)S2)no1. The third kappa shape index (κ3) is 2.56. The first kappa shape index (κ1) is 14.2. The Labute approximate surface area is 130 Å². The molecule has 3 unspecified atom stereocenters. The van der Waals surface area contributed by atoms with Gasteiger partial charge in [-0.15, -0.1) is 11.8 Å². The zero-order chi connectivity index (χ0) is 14.3. The van der Waals surface area contributed by atoms with Crippen LogP contribution in [0, 0.1) is 6.92 Å². The van der Waals surface area contributed by atoms with Crippen molar-refractivity contribution in [3.8, 4) is 11.5 Å². The molecule has 2 aromatic heterocycles. The van der Waals surface area contributed by atoms with Crippen LogP contribution >= 0.6 is 35.1 Å². The molecule has 0 saturated carbocycles. The monoisotopic (exact) mass is 328 g/mol. The maximum Gasteiger partial charge on any atom is 0.262 e. The predicted molar refractivity (Wildman–Crippen MR) is 86.3 cm³/mol. The first-order valence-electron chi connectivity index (χ1n) is 6.39. The van der Waals surface area contributed by atoms with Crippen LogP contribution in [0.4, 0.5) is 5.00 Å². The highest BCUT2D eigenvalue weighted by Crippen LogP contribution is 2.44. The van der Waals surface area contributed by atoms with Gasteiger partial charge in [0.1, 0.15) is 5.00 Å². The summed E-state index contributed by atoms with van der Waals surface area (Å²) in [6.45, 7) is 6.42. The summed E-state index contributed by atoms with van der Waals surface area (Å²) in [7, 11) is 0. The lowest BCUT2D eigenvalue weighted by Gasteiger charge is -2.29. The fourth-order valence-corrected chi connectivity index (χ4v) is 5.52. The number of hydrogen-bond acceptors (Lipinski definition) is 8. The third-order valence-electron chi connectivity index (χ3n) is 3.38. The lowest BCUT2D eigenvalue weighted by Crippen LogP contribution is -2.22. The van der Waals surface area contributed by atoms with E-state index in [2.05, 4.69) is 28.4 Å². The number of nitrogen functional groups attached to an aromatic ring is 1. The van der Waals surface area contributed by atoms with Crippen molar-refractivity contribution in [2.45, 2.75) is 36.5 Å². The van der Waals surface area contributed by atoms with Crippen LogP contribution in [0.25, 0.3) is 11.5 Å². The van der Waals surface area contributed by atoms with Crippen molar-refractivity contribution in [1.82, 2.24) is 14.5 Å². The summed E-state index contributed by atoms with van der Waals surface area (Å²) in [5, 5.41) is 6.32. The second-order valence-corrected chi connectivity index (χ2v) is 8.63. The molecule has 0 aliphatic carbocycles. The molecule has 3 heterocycles. The van der Waals surface area contributed by atoms with Crippen LogP contribution in [-0.4, -0.2) is 30.8 Å². The van der Waals surface area contributed by atoms with E-state index in [9.17, 15) is 0 Å². The van der Waals surface area contributed by atoms with Crippen molar-refractivity contribution in [2.75, 3.05) is 11.5 Å². The predicted octanol–water partition coefficient (Wildman–Crippen LogP) is 3.38. The van der Waals surface area contributed by atoms with Gasteiger partial charge in [-0.3, -0.25) is 0 Å². The Hall–Kier alpha value is -0.730. The fraction of sp³-hybridized carbons (Fsp3) is 0.583. The van der Waals surface area contributed by atoms with Crippen molar-refractivity contribution in [2.24, 2.45) is 0 Å². The van der Waals surface area contributed by atoms with Crippen LogP contribution in [-0.2, 0) is 0 Å². The summed E-state index contributed by atoms with van der Waals surface area (Å²) in [6.07, 6.45) is 0. The van der Waals surface area contributed by atoms with Gasteiger partial charge in [0.05, 0.1) is 16.5 Å². The zero-order valence-corrected chi connectivity index (χ0v) is 13.9. The number of aromatic nitrogens is 3. The van der Waals surface area contributed by atoms with E-state index >= 15 is 0 Å². The Morgan fingerprint density at radius 1 is 1.30 bits per heavy atom. The summed E-state index contributed by atoms with van der Waals surface area (Å²) < 4.78 is 9.60. The van der Waals surface area contributed by atoms with E-state index in [4.69, 9.17) is 10.3 Å². The lowest BCUT2D eigenvalue weighted by atomic mass is 10.2. The van der Waals surface area contributed by atoms with E-state index in [0.717, 1.165) is 22.8 Å².